The van der Waals surface area contributed by atoms with Crippen LogP contribution in [0, 0.1) is 0 Å². The molecule has 0 bridgehead atoms. The molecule has 0 saturated heterocycles. The predicted octanol–water partition coefficient (Wildman–Crippen LogP) is 25.8. The van der Waals surface area contributed by atoms with E-state index in [1.807, 2.05) is 22.7 Å². The van der Waals surface area contributed by atoms with E-state index >= 15 is 0 Å². The van der Waals surface area contributed by atoms with Gasteiger partial charge < -0.3 is 18.0 Å². The van der Waals surface area contributed by atoms with Gasteiger partial charge in [0.2, 0.25) is 0 Å². The first-order valence-corrected chi connectivity index (χ1v) is 33.5. The molecule has 0 spiro atoms. The Morgan fingerprint density at radius 3 is 1.23 bits per heavy atom. The molecular formula is C88H54N2O2S2. The first-order chi connectivity index (χ1) is 46.6. The topological polar surface area (TPSA) is 36.1 Å². The Bertz CT molecular complexity index is 6340. The molecule has 0 radical (unpaired) electrons. The van der Waals surface area contributed by atoms with Crippen molar-refractivity contribution in [1.82, 2.24) is 9.13 Å². The van der Waals surface area contributed by atoms with Gasteiger partial charge >= 0.3 is 0 Å². The summed E-state index contributed by atoms with van der Waals surface area (Å²) in [6.45, 7) is 0. The van der Waals surface area contributed by atoms with Crippen LogP contribution < -0.4 is 0 Å². The SMILES string of the molecule is c1ccc(-c2ccc3sc4c(-c5cccc(-c6ccc7c(c6)oc6c8ccccc8n(-c8ccccc8)c76)c5)cccc4c3c2)cc1.c1ccc(-c2cccc3c2sc2cccc(-c4cccc(-c5ccc6c(c5)oc5c7ccccc7n(-c7ccccc7)c65)c4)c23)cc1. The van der Waals surface area contributed by atoms with Crippen molar-refractivity contribution in [3.63, 3.8) is 0 Å². The number of hydrogen-bond donors (Lipinski definition) is 0. The summed E-state index contributed by atoms with van der Waals surface area (Å²) in [5.41, 5.74) is 25.0. The molecule has 0 unspecified atom stereocenters. The predicted molar refractivity (Wildman–Crippen MR) is 400 cm³/mol. The molecule has 0 N–H and O–H groups in total. The van der Waals surface area contributed by atoms with Crippen LogP contribution in [-0.4, -0.2) is 9.13 Å². The van der Waals surface area contributed by atoms with Crippen LogP contribution in [0.2, 0.25) is 0 Å². The highest BCUT2D eigenvalue weighted by molar-refractivity contribution is 7.26. The Hall–Kier alpha value is -11.8. The third-order valence-electron chi connectivity index (χ3n) is 18.8. The van der Waals surface area contributed by atoms with Gasteiger partial charge in [-0.1, -0.05) is 224 Å². The zero-order chi connectivity index (χ0) is 61.8. The zero-order valence-corrected chi connectivity index (χ0v) is 52.3. The lowest BCUT2D eigenvalue weighted by Crippen LogP contribution is -1.92. The highest BCUT2D eigenvalue weighted by atomic mass is 32.1. The fraction of sp³-hybridized carbons (Fsp3) is 0. The highest BCUT2D eigenvalue weighted by Gasteiger charge is 2.23. The summed E-state index contributed by atoms with van der Waals surface area (Å²) in [6.07, 6.45) is 0. The van der Waals surface area contributed by atoms with E-state index in [1.54, 1.807) is 0 Å². The van der Waals surface area contributed by atoms with Gasteiger partial charge in [-0.3, -0.25) is 0 Å². The summed E-state index contributed by atoms with van der Waals surface area (Å²) in [5.74, 6) is 0. The summed E-state index contributed by atoms with van der Waals surface area (Å²) in [6, 6.07) is 118. The molecule has 6 heteroatoms. The molecule has 14 aromatic carbocycles. The molecule has 0 saturated carbocycles. The van der Waals surface area contributed by atoms with E-state index in [1.165, 1.54) is 96.0 Å². The van der Waals surface area contributed by atoms with Crippen LogP contribution in [0.4, 0.5) is 0 Å². The maximum Gasteiger partial charge on any atom is 0.161 e. The van der Waals surface area contributed by atoms with E-state index in [-0.39, 0.29) is 0 Å². The molecule has 0 aliphatic heterocycles. The number of para-hydroxylation sites is 4. The Morgan fingerprint density at radius 1 is 0.234 bits per heavy atom. The Labute approximate surface area is 548 Å². The van der Waals surface area contributed by atoms with Crippen molar-refractivity contribution in [2.24, 2.45) is 0 Å². The van der Waals surface area contributed by atoms with Gasteiger partial charge in [0.15, 0.2) is 11.2 Å². The number of hydrogen-bond acceptors (Lipinski definition) is 4. The lowest BCUT2D eigenvalue weighted by molar-refractivity contribution is 0.672. The maximum absolute atomic E-state index is 6.67. The monoisotopic (exact) mass is 1230 g/mol. The highest BCUT2D eigenvalue weighted by Crippen LogP contribution is 2.47. The minimum atomic E-state index is 0.896. The lowest BCUT2D eigenvalue weighted by Gasteiger charge is -2.09. The molecule has 4 nitrogen and oxygen atoms in total. The van der Waals surface area contributed by atoms with E-state index in [2.05, 4.69) is 337 Å². The minimum absolute atomic E-state index is 0.896. The van der Waals surface area contributed by atoms with E-state index in [0.717, 1.165) is 88.4 Å². The zero-order valence-electron chi connectivity index (χ0n) is 50.7. The van der Waals surface area contributed by atoms with Gasteiger partial charge in [0.05, 0.1) is 11.0 Å². The molecule has 0 aliphatic rings. The van der Waals surface area contributed by atoms with Crippen molar-refractivity contribution in [3.05, 3.63) is 328 Å². The molecule has 440 valence electrons. The third-order valence-corrected chi connectivity index (χ3v) is 21.2. The summed E-state index contributed by atoms with van der Waals surface area (Å²) in [7, 11) is 0. The van der Waals surface area contributed by atoms with Gasteiger partial charge in [0.1, 0.15) is 22.2 Å². The van der Waals surface area contributed by atoms with Crippen LogP contribution in [0.3, 0.4) is 0 Å². The number of furan rings is 2. The number of nitrogens with zero attached hydrogens (tertiary/aromatic N) is 2. The number of rotatable bonds is 8. The molecular weight excluding hydrogens is 1180 g/mol. The molecule has 0 fully saturated rings. The number of fused-ring (bicyclic) bond motifs is 16. The quantitative estimate of drug-likeness (QED) is 0.152. The Kier molecular flexibility index (Phi) is 12.6. The van der Waals surface area contributed by atoms with Crippen LogP contribution in [0.15, 0.2) is 336 Å². The van der Waals surface area contributed by atoms with Gasteiger partial charge in [0.25, 0.3) is 0 Å². The van der Waals surface area contributed by atoms with Gasteiger partial charge in [-0.05, 0) is 170 Å². The van der Waals surface area contributed by atoms with Gasteiger partial charge in [-0.15, -0.1) is 22.7 Å². The smallest absolute Gasteiger partial charge is 0.161 e. The maximum atomic E-state index is 6.67. The van der Waals surface area contributed by atoms with Crippen molar-refractivity contribution < 1.29 is 8.83 Å². The lowest BCUT2D eigenvalue weighted by atomic mass is 9.95. The van der Waals surface area contributed by atoms with Crippen molar-refractivity contribution in [2.45, 2.75) is 0 Å². The second kappa shape index (κ2) is 22.0. The molecule has 20 rings (SSSR count). The molecule has 20 aromatic rings. The van der Waals surface area contributed by atoms with Crippen molar-refractivity contribution >= 4 is 129 Å². The largest absolute Gasteiger partial charge is 0.454 e. The average Bonchev–Trinajstić information content (AvgIpc) is 1.58. The van der Waals surface area contributed by atoms with Crippen LogP contribution in [0.25, 0.3) is 184 Å². The minimum Gasteiger partial charge on any atom is -0.454 e. The Balaban J connectivity index is 0.000000133. The number of benzene rings is 14. The molecule has 0 aliphatic carbocycles. The van der Waals surface area contributed by atoms with Gasteiger partial charge in [-0.25, -0.2) is 0 Å². The van der Waals surface area contributed by atoms with E-state index < -0.39 is 0 Å². The van der Waals surface area contributed by atoms with Crippen molar-refractivity contribution in [2.75, 3.05) is 0 Å². The fourth-order valence-electron chi connectivity index (χ4n) is 14.5. The van der Waals surface area contributed by atoms with E-state index in [4.69, 9.17) is 8.83 Å². The van der Waals surface area contributed by atoms with Crippen molar-refractivity contribution in [1.29, 1.82) is 0 Å². The van der Waals surface area contributed by atoms with Crippen LogP contribution in [0.5, 0.6) is 0 Å². The Morgan fingerprint density at radius 2 is 0.638 bits per heavy atom. The second-order valence-corrected chi connectivity index (χ2v) is 26.3. The van der Waals surface area contributed by atoms with Crippen LogP contribution in [0.1, 0.15) is 0 Å². The second-order valence-electron chi connectivity index (χ2n) is 24.2. The third kappa shape index (κ3) is 8.79. The van der Waals surface area contributed by atoms with Crippen molar-refractivity contribution in [3.8, 4) is 78.1 Å². The molecule has 0 atom stereocenters. The van der Waals surface area contributed by atoms with Gasteiger partial charge in [0, 0.05) is 73.3 Å². The molecule has 0 amide bonds. The standard InChI is InChI=1S/2C44H27NOS/c1-3-12-28(13-4-1)34-20-10-21-37-41-33(19-11-23-40(41)47-44(34)37)31-15-9-14-29(26-31)30-24-25-36-39(27-30)46-43-35-18-7-8-22-38(35)45(42(36)43)32-16-5-2-6-17-32;1-3-11-28(12-4-1)30-22-24-41-38(26-30)35-19-10-18-34(44(35)47-41)32-14-9-13-29(25-32)31-21-23-37-40(27-31)46-43-36-17-7-8-20-39(36)45(42(37)43)33-15-5-2-6-16-33/h2*1-27H. The molecule has 6 heterocycles. The molecule has 6 aromatic heterocycles. The first kappa shape index (κ1) is 54.0. The number of thiophene rings is 2. The summed E-state index contributed by atoms with van der Waals surface area (Å²) in [5, 5.41) is 9.72. The summed E-state index contributed by atoms with van der Waals surface area (Å²) < 4.78 is 23.2. The summed E-state index contributed by atoms with van der Waals surface area (Å²) in [4.78, 5) is 0. The number of aromatic nitrogens is 2. The van der Waals surface area contributed by atoms with E-state index in [9.17, 15) is 0 Å². The van der Waals surface area contributed by atoms with E-state index in [0.29, 0.717) is 0 Å². The van der Waals surface area contributed by atoms with Gasteiger partial charge in [-0.2, -0.15) is 0 Å². The molecule has 94 heavy (non-hydrogen) atoms. The average molecular weight is 1240 g/mol. The fourth-order valence-corrected chi connectivity index (χ4v) is 17.0. The first-order valence-electron chi connectivity index (χ1n) is 31.9. The van der Waals surface area contributed by atoms with Crippen LogP contribution >= 0.6 is 22.7 Å². The van der Waals surface area contributed by atoms with Crippen LogP contribution in [-0.2, 0) is 0 Å². The summed E-state index contributed by atoms with van der Waals surface area (Å²) >= 11 is 3.76. The normalized spacial score (nSPS) is 11.8.